The van der Waals surface area contributed by atoms with Crippen LogP contribution in [0.4, 0.5) is 0 Å². The van der Waals surface area contributed by atoms with Crippen molar-refractivity contribution in [1.82, 2.24) is 10.3 Å². The molecule has 3 rings (SSSR count). The van der Waals surface area contributed by atoms with Crippen LogP contribution in [0, 0.1) is 5.92 Å². The molecule has 2 unspecified atom stereocenters. The van der Waals surface area contributed by atoms with Gasteiger partial charge in [0.2, 0.25) is 5.88 Å². The van der Waals surface area contributed by atoms with Crippen molar-refractivity contribution in [2.45, 2.75) is 38.3 Å². The number of carboxylic acids is 1. The normalized spacial score (nSPS) is 16.2. The average molecular weight is 354 g/mol. The van der Waals surface area contributed by atoms with E-state index in [4.69, 9.17) is 4.74 Å². The van der Waals surface area contributed by atoms with Crippen LogP contribution in [-0.4, -0.2) is 28.1 Å². The number of rotatable bonds is 7. The molecule has 6 heteroatoms. The molecule has 0 radical (unpaired) electrons. The number of ether oxygens (including phenoxy) is 1. The van der Waals surface area contributed by atoms with Crippen LogP contribution in [0.1, 0.15) is 48.1 Å². The minimum Gasteiger partial charge on any atom is -0.481 e. The van der Waals surface area contributed by atoms with Gasteiger partial charge in [-0.2, -0.15) is 0 Å². The molecule has 0 bridgehead atoms. The van der Waals surface area contributed by atoms with Gasteiger partial charge in [-0.25, -0.2) is 4.98 Å². The number of carbonyl (C=O) groups excluding carboxylic acids is 1. The fourth-order valence-electron chi connectivity index (χ4n) is 2.80. The number of nitrogens with one attached hydrogen (secondary N) is 1. The zero-order chi connectivity index (χ0) is 18.5. The number of amides is 1. The lowest BCUT2D eigenvalue weighted by Gasteiger charge is -2.26. The van der Waals surface area contributed by atoms with E-state index in [-0.39, 0.29) is 12.0 Å². The lowest BCUT2D eigenvalue weighted by molar-refractivity contribution is -0.142. The summed E-state index contributed by atoms with van der Waals surface area (Å²) in [6, 6.07) is 11.7. The molecule has 2 N–H and O–H groups in total. The van der Waals surface area contributed by atoms with E-state index < -0.39 is 17.9 Å². The molecule has 2 atom stereocenters. The Hall–Kier alpha value is -2.89. The number of hydrogen-bond donors (Lipinski definition) is 2. The summed E-state index contributed by atoms with van der Waals surface area (Å²) in [5, 5.41) is 12.2. The van der Waals surface area contributed by atoms with Gasteiger partial charge in [0, 0.05) is 17.8 Å². The van der Waals surface area contributed by atoms with Crippen LogP contribution in [-0.2, 0) is 4.79 Å². The van der Waals surface area contributed by atoms with Crippen molar-refractivity contribution in [1.29, 1.82) is 0 Å². The second-order valence-electron chi connectivity index (χ2n) is 6.54. The number of aliphatic carboxylic acids is 1. The molecule has 26 heavy (non-hydrogen) atoms. The first-order valence-corrected chi connectivity index (χ1v) is 8.76. The zero-order valence-electron chi connectivity index (χ0n) is 14.6. The second-order valence-corrected chi connectivity index (χ2v) is 6.54. The third kappa shape index (κ3) is 4.20. The van der Waals surface area contributed by atoms with Crippen molar-refractivity contribution in [3.8, 4) is 5.88 Å². The summed E-state index contributed by atoms with van der Waals surface area (Å²) >= 11 is 0. The molecule has 0 saturated heterocycles. The standard InChI is InChI=1S/C20H22N2O4/c1-13(20(24)25)18(14-6-3-2-4-7-14)22-19(23)15-10-11-21-17(12-15)26-16-8-5-9-16/h2-4,6-7,10-13,16,18H,5,8-9H2,1H3,(H,22,23)(H,24,25). The fraction of sp³-hybridized carbons (Fsp3) is 0.350. The van der Waals surface area contributed by atoms with Gasteiger partial charge in [0.05, 0.1) is 12.0 Å². The first-order valence-electron chi connectivity index (χ1n) is 8.76. The van der Waals surface area contributed by atoms with Crippen LogP contribution in [0.25, 0.3) is 0 Å². The molecule has 136 valence electrons. The van der Waals surface area contributed by atoms with Crippen LogP contribution >= 0.6 is 0 Å². The monoisotopic (exact) mass is 354 g/mol. The lowest BCUT2D eigenvalue weighted by Crippen LogP contribution is -2.35. The van der Waals surface area contributed by atoms with Crippen molar-refractivity contribution < 1.29 is 19.4 Å². The molecule has 1 saturated carbocycles. The summed E-state index contributed by atoms with van der Waals surface area (Å²) in [4.78, 5) is 28.3. The minimum atomic E-state index is -0.970. The van der Waals surface area contributed by atoms with Gasteiger partial charge in [-0.3, -0.25) is 9.59 Å². The Balaban J connectivity index is 1.77. The number of carboxylic acid groups (broad SMARTS) is 1. The molecule has 1 aliphatic rings. The summed E-state index contributed by atoms with van der Waals surface area (Å²) in [6.07, 6.45) is 4.86. The Morgan fingerprint density at radius 1 is 1.23 bits per heavy atom. The summed E-state index contributed by atoms with van der Waals surface area (Å²) in [5.41, 5.74) is 1.14. The van der Waals surface area contributed by atoms with Crippen molar-refractivity contribution in [3.05, 3.63) is 59.8 Å². The molecular weight excluding hydrogens is 332 g/mol. The van der Waals surface area contributed by atoms with Gasteiger partial charge in [-0.1, -0.05) is 30.3 Å². The molecule has 1 amide bonds. The molecule has 2 aromatic rings. The molecule has 0 spiro atoms. The van der Waals surface area contributed by atoms with Crippen molar-refractivity contribution in [3.63, 3.8) is 0 Å². The smallest absolute Gasteiger partial charge is 0.308 e. The summed E-state index contributed by atoms with van der Waals surface area (Å²) in [6.45, 7) is 1.58. The zero-order valence-corrected chi connectivity index (χ0v) is 14.6. The van der Waals surface area contributed by atoms with Gasteiger partial charge >= 0.3 is 5.97 Å². The molecule has 6 nitrogen and oxygen atoms in total. The van der Waals surface area contributed by atoms with Gasteiger partial charge in [-0.05, 0) is 37.8 Å². The first kappa shape index (κ1) is 17.9. The van der Waals surface area contributed by atoms with E-state index >= 15 is 0 Å². The SMILES string of the molecule is CC(C(=O)O)C(NC(=O)c1ccnc(OC2CCC2)c1)c1ccccc1. The van der Waals surface area contributed by atoms with Crippen molar-refractivity contribution in [2.24, 2.45) is 5.92 Å². The van der Waals surface area contributed by atoms with Gasteiger partial charge in [0.1, 0.15) is 6.10 Å². The topological polar surface area (TPSA) is 88.5 Å². The number of nitrogens with zero attached hydrogens (tertiary/aromatic N) is 1. The summed E-state index contributed by atoms with van der Waals surface area (Å²) in [7, 11) is 0. The van der Waals surface area contributed by atoms with Crippen molar-refractivity contribution in [2.75, 3.05) is 0 Å². The average Bonchev–Trinajstić information content (AvgIpc) is 2.63. The molecule has 0 aliphatic heterocycles. The van der Waals surface area contributed by atoms with E-state index in [1.165, 1.54) is 6.20 Å². The molecule has 1 heterocycles. The first-order chi connectivity index (χ1) is 12.5. The number of aromatic nitrogens is 1. The van der Waals surface area contributed by atoms with E-state index in [1.807, 2.05) is 30.3 Å². The highest BCUT2D eigenvalue weighted by Gasteiger charge is 2.27. The van der Waals surface area contributed by atoms with Gasteiger partial charge < -0.3 is 15.2 Å². The van der Waals surface area contributed by atoms with Gasteiger partial charge in [-0.15, -0.1) is 0 Å². The second kappa shape index (κ2) is 7.99. The minimum absolute atomic E-state index is 0.171. The molecular formula is C20H22N2O4. The highest BCUT2D eigenvalue weighted by Crippen LogP contribution is 2.25. The fourth-order valence-corrected chi connectivity index (χ4v) is 2.80. The Labute approximate surface area is 152 Å². The Morgan fingerprint density at radius 2 is 1.96 bits per heavy atom. The Kier molecular flexibility index (Phi) is 5.51. The third-order valence-corrected chi connectivity index (χ3v) is 4.67. The van der Waals surface area contributed by atoms with Crippen LogP contribution < -0.4 is 10.1 Å². The van der Waals surface area contributed by atoms with E-state index in [0.29, 0.717) is 11.4 Å². The summed E-state index contributed by atoms with van der Waals surface area (Å²) < 4.78 is 5.73. The van der Waals surface area contributed by atoms with Crippen LogP contribution in [0.3, 0.4) is 0 Å². The number of carbonyl (C=O) groups is 2. The van der Waals surface area contributed by atoms with E-state index in [0.717, 1.165) is 24.8 Å². The largest absolute Gasteiger partial charge is 0.481 e. The molecule has 1 aliphatic carbocycles. The number of pyridine rings is 1. The quantitative estimate of drug-likeness (QED) is 0.797. The maximum atomic E-state index is 12.7. The highest BCUT2D eigenvalue weighted by molar-refractivity contribution is 5.95. The predicted molar refractivity (Wildman–Crippen MR) is 96.0 cm³/mol. The molecule has 1 aromatic carbocycles. The van der Waals surface area contributed by atoms with Crippen LogP contribution in [0.15, 0.2) is 48.7 Å². The number of benzene rings is 1. The third-order valence-electron chi connectivity index (χ3n) is 4.67. The highest BCUT2D eigenvalue weighted by atomic mass is 16.5. The summed E-state index contributed by atoms with van der Waals surface area (Å²) in [5.74, 6) is -1.67. The predicted octanol–water partition coefficient (Wildman–Crippen LogP) is 3.20. The lowest BCUT2D eigenvalue weighted by atomic mass is 9.94. The molecule has 1 fully saturated rings. The van der Waals surface area contributed by atoms with Gasteiger partial charge in [0.15, 0.2) is 0 Å². The maximum absolute atomic E-state index is 12.7. The van der Waals surface area contributed by atoms with Crippen molar-refractivity contribution >= 4 is 11.9 Å². The maximum Gasteiger partial charge on any atom is 0.308 e. The molecule has 1 aromatic heterocycles. The van der Waals surface area contributed by atoms with E-state index in [2.05, 4.69) is 10.3 Å². The van der Waals surface area contributed by atoms with E-state index in [9.17, 15) is 14.7 Å². The van der Waals surface area contributed by atoms with Crippen LogP contribution in [0.5, 0.6) is 5.88 Å². The Morgan fingerprint density at radius 3 is 2.58 bits per heavy atom. The number of hydrogen-bond acceptors (Lipinski definition) is 4. The van der Waals surface area contributed by atoms with Crippen LogP contribution in [0.2, 0.25) is 0 Å². The Bertz CT molecular complexity index is 774. The van der Waals surface area contributed by atoms with Gasteiger partial charge in [0.25, 0.3) is 5.91 Å². The van der Waals surface area contributed by atoms with E-state index in [1.54, 1.807) is 19.1 Å².